The Labute approximate surface area is 137 Å². The lowest BCUT2D eigenvalue weighted by Crippen LogP contribution is -2.28. The van der Waals surface area contributed by atoms with Gasteiger partial charge < -0.3 is 4.74 Å². The standard InChI is InChI=1S/C18H21NO3S/c1-2-22-17-8-10-18(11-9-17)23(20,21)19-13-12-16(14-19)15-6-4-3-5-7-15/h3-11,16H,2,12-14H2,1H3. The van der Waals surface area contributed by atoms with Crippen LogP contribution < -0.4 is 4.74 Å². The first kappa shape index (κ1) is 16.0. The van der Waals surface area contributed by atoms with Crippen LogP contribution in [0.15, 0.2) is 59.5 Å². The van der Waals surface area contributed by atoms with Crippen molar-refractivity contribution in [2.45, 2.75) is 24.2 Å². The highest BCUT2D eigenvalue weighted by atomic mass is 32.2. The molecule has 1 aliphatic heterocycles. The number of nitrogens with zero attached hydrogens (tertiary/aromatic N) is 1. The van der Waals surface area contributed by atoms with E-state index in [4.69, 9.17) is 4.74 Å². The topological polar surface area (TPSA) is 46.6 Å². The molecule has 0 radical (unpaired) electrons. The fourth-order valence-electron chi connectivity index (χ4n) is 2.97. The number of sulfonamides is 1. The second-order valence-electron chi connectivity index (χ2n) is 5.66. The third-order valence-corrected chi connectivity index (χ3v) is 6.07. The van der Waals surface area contributed by atoms with Gasteiger partial charge >= 0.3 is 0 Å². The zero-order chi connectivity index (χ0) is 16.3. The van der Waals surface area contributed by atoms with Crippen LogP contribution in [0, 0.1) is 0 Å². The van der Waals surface area contributed by atoms with Gasteiger partial charge in [0.15, 0.2) is 0 Å². The minimum Gasteiger partial charge on any atom is -0.494 e. The lowest BCUT2D eigenvalue weighted by molar-refractivity contribution is 0.340. The van der Waals surface area contributed by atoms with Crippen molar-refractivity contribution in [2.24, 2.45) is 0 Å². The molecule has 0 amide bonds. The van der Waals surface area contributed by atoms with Gasteiger partial charge in [-0.25, -0.2) is 8.42 Å². The summed E-state index contributed by atoms with van der Waals surface area (Å²) >= 11 is 0. The van der Waals surface area contributed by atoms with Crippen LogP contribution >= 0.6 is 0 Å². The molecule has 0 N–H and O–H groups in total. The van der Waals surface area contributed by atoms with Gasteiger partial charge in [0.1, 0.15) is 5.75 Å². The number of benzene rings is 2. The van der Waals surface area contributed by atoms with E-state index in [1.165, 1.54) is 5.56 Å². The van der Waals surface area contributed by atoms with Crippen molar-refractivity contribution in [1.82, 2.24) is 4.31 Å². The van der Waals surface area contributed by atoms with Gasteiger partial charge in [0.05, 0.1) is 11.5 Å². The SMILES string of the molecule is CCOc1ccc(S(=O)(=O)N2CCC(c3ccccc3)C2)cc1. The van der Waals surface area contributed by atoms with Gasteiger partial charge in [0.2, 0.25) is 10.0 Å². The lowest BCUT2D eigenvalue weighted by atomic mass is 9.99. The Morgan fingerprint density at radius 1 is 1.09 bits per heavy atom. The Morgan fingerprint density at radius 2 is 1.78 bits per heavy atom. The zero-order valence-electron chi connectivity index (χ0n) is 13.2. The van der Waals surface area contributed by atoms with Gasteiger partial charge in [0.25, 0.3) is 0 Å². The summed E-state index contributed by atoms with van der Waals surface area (Å²) in [4.78, 5) is 0.328. The first-order valence-corrected chi connectivity index (χ1v) is 9.33. The molecule has 2 aromatic rings. The van der Waals surface area contributed by atoms with Gasteiger partial charge in [-0.1, -0.05) is 30.3 Å². The third-order valence-electron chi connectivity index (χ3n) is 4.19. The lowest BCUT2D eigenvalue weighted by Gasteiger charge is -2.17. The van der Waals surface area contributed by atoms with E-state index >= 15 is 0 Å². The molecule has 4 nitrogen and oxygen atoms in total. The Balaban J connectivity index is 1.76. The molecule has 23 heavy (non-hydrogen) atoms. The second kappa shape index (κ2) is 6.72. The van der Waals surface area contributed by atoms with Crippen LogP contribution in [0.3, 0.4) is 0 Å². The summed E-state index contributed by atoms with van der Waals surface area (Å²) in [6.07, 6.45) is 0.861. The Morgan fingerprint density at radius 3 is 2.43 bits per heavy atom. The zero-order valence-corrected chi connectivity index (χ0v) is 14.0. The molecule has 122 valence electrons. The minimum absolute atomic E-state index is 0.272. The minimum atomic E-state index is -3.43. The molecule has 1 unspecified atom stereocenters. The number of ether oxygens (including phenoxy) is 1. The molecule has 3 rings (SSSR count). The Bertz CT molecular complexity index is 742. The van der Waals surface area contributed by atoms with Crippen molar-refractivity contribution < 1.29 is 13.2 Å². The maximum atomic E-state index is 12.8. The highest BCUT2D eigenvalue weighted by Gasteiger charge is 2.33. The largest absolute Gasteiger partial charge is 0.494 e. The predicted molar refractivity (Wildman–Crippen MR) is 90.2 cm³/mol. The molecule has 0 spiro atoms. The van der Waals surface area contributed by atoms with E-state index in [-0.39, 0.29) is 5.92 Å². The van der Waals surface area contributed by atoms with E-state index in [0.29, 0.717) is 30.3 Å². The molecule has 1 heterocycles. The molecule has 1 fully saturated rings. The fraction of sp³-hybridized carbons (Fsp3) is 0.333. The summed E-state index contributed by atoms with van der Waals surface area (Å²) in [5.41, 5.74) is 1.21. The molecular formula is C18H21NO3S. The Kier molecular flexibility index (Phi) is 4.68. The van der Waals surface area contributed by atoms with Crippen LogP contribution in [0.1, 0.15) is 24.8 Å². The quantitative estimate of drug-likeness (QED) is 0.845. The number of hydrogen-bond donors (Lipinski definition) is 0. The molecule has 1 aliphatic rings. The van der Waals surface area contributed by atoms with E-state index in [2.05, 4.69) is 12.1 Å². The maximum absolute atomic E-state index is 12.8. The molecule has 5 heteroatoms. The summed E-state index contributed by atoms with van der Waals surface area (Å²) in [6, 6.07) is 16.8. The summed E-state index contributed by atoms with van der Waals surface area (Å²) in [6.45, 7) is 3.57. The van der Waals surface area contributed by atoms with Crippen molar-refractivity contribution in [3.8, 4) is 5.75 Å². The summed E-state index contributed by atoms with van der Waals surface area (Å²) in [5.74, 6) is 0.962. The van der Waals surface area contributed by atoms with Crippen molar-refractivity contribution in [1.29, 1.82) is 0 Å². The van der Waals surface area contributed by atoms with Crippen LogP contribution in [0.5, 0.6) is 5.75 Å². The molecule has 1 saturated heterocycles. The molecule has 0 saturated carbocycles. The molecule has 0 aromatic heterocycles. The molecule has 2 aromatic carbocycles. The smallest absolute Gasteiger partial charge is 0.243 e. The van der Waals surface area contributed by atoms with Crippen molar-refractivity contribution in [3.05, 3.63) is 60.2 Å². The van der Waals surface area contributed by atoms with Crippen LogP contribution in [0.4, 0.5) is 0 Å². The van der Waals surface area contributed by atoms with Crippen molar-refractivity contribution in [2.75, 3.05) is 19.7 Å². The van der Waals surface area contributed by atoms with Gasteiger partial charge in [-0.2, -0.15) is 4.31 Å². The molecule has 0 bridgehead atoms. The summed E-state index contributed by atoms with van der Waals surface area (Å²) < 4.78 is 32.5. The molecule has 1 atom stereocenters. The third kappa shape index (κ3) is 3.41. The van der Waals surface area contributed by atoms with Gasteiger partial charge in [-0.05, 0) is 49.1 Å². The molecule has 0 aliphatic carbocycles. The summed E-state index contributed by atoms with van der Waals surface area (Å²) in [7, 11) is -3.43. The van der Waals surface area contributed by atoms with E-state index < -0.39 is 10.0 Å². The van der Waals surface area contributed by atoms with Crippen LogP contribution in [0.25, 0.3) is 0 Å². The molecular weight excluding hydrogens is 310 g/mol. The van der Waals surface area contributed by atoms with Crippen LogP contribution in [-0.4, -0.2) is 32.4 Å². The highest BCUT2D eigenvalue weighted by molar-refractivity contribution is 7.89. The first-order chi connectivity index (χ1) is 11.1. The van der Waals surface area contributed by atoms with Crippen LogP contribution in [0.2, 0.25) is 0 Å². The first-order valence-electron chi connectivity index (χ1n) is 7.89. The van der Waals surface area contributed by atoms with E-state index in [1.54, 1.807) is 28.6 Å². The summed E-state index contributed by atoms with van der Waals surface area (Å²) in [5, 5.41) is 0. The number of hydrogen-bond acceptors (Lipinski definition) is 3. The second-order valence-corrected chi connectivity index (χ2v) is 7.60. The van der Waals surface area contributed by atoms with E-state index in [0.717, 1.165) is 6.42 Å². The van der Waals surface area contributed by atoms with E-state index in [1.807, 2.05) is 25.1 Å². The monoisotopic (exact) mass is 331 g/mol. The van der Waals surface area contributed by atoms with Gasteiger partial charge in [-0.15, -0.1) is 0 Å². The normalized spacial score (nSPS) is 18.9. The predicted octanol–water partition coefficient (Wildman–Crippen LogP) is 3.26. The Hall–Kier alpha value is -1.85. The van der Waals surface area contributed by atoms with Crippen molar-refractivity contribution in [3.63, 3.8) is 0 Å². The van der Waals surface area contributed by atoms with Gasteiger partial charge in [-0.3, -0.25) is 0 Å². The maximum Gasteiger partial charge on any atom is 0.243 e. The average Bonchev–Trinajstić information content (AvgIpc) is 3.07. The van der Waals surface area contributed by atoms with E-state index in [9.17, 15) is 8.42 Å². The highest BCUT2D eigenvalue weighted by Crippen LogP contribution is 2.31. The van der Waals surface area contributed by atoms with Gasteiger partial charge in [0, 0.05) is 13.1 Å². The number of rotatable bonds is 5. The fourth-order valence-corrected chi connectivity index (χ4v) is 4.47. The van der Waals surface area contributed by atoms with Crippen LogP contribution in [-0.2, 0) is 10.0 Å². The van der Waals surface area contributed by atoms with Crippen molar-refractivity contribution >= 4 is 10.0 Å². The average molecular weight is 331 g/mol.